The highest BCUT2D eigenvalue weighted by Crippen LogP contribution is 2.48. The molecule has 174 valence electrons. The summed E-state index contributed by atoms with van der Waals surface area (Å²) in [5.41, 5.74) is 6.51. The molecule has 6 heteroatoms. The lowest BCUT2D eigenvalue weighted by atomic mass is 9.58. The maximum Gasteiger partial charge on any atom is 0.268 e. The average Bonchev–Trinajstić information content (AvgIpc) is 3.12. The number of aromatic nitrogens is 1. The number of phenolic OH excluding ortho intramolecular Hbond substituents is 1. The number of benzene rings is 2. The number of likely N-dealkylation sites (tertiary alicyclic amines) is 1. The standard InChI is InChI=1S/C27H31N3O2.ClH/c1-18-23-14-21-17-30(2)12-11-27(21,20-9-6-10-22(31)13-20)15-24(23)29-25(18)26(32)28-16-19-7-4-3-5-8-19;/h3-10,13,21,29,31H,11-12,14-17H2,1-2H3,(H,28,32);1H/t21-,27+;/m1./s1. The van der Waals surface area contributed by atoms with Gasteiger partial charge >= 0.3 is 0 Å². The number of nitrogens with one attached hydrogen (secondary N) is 2. The van der Waals surface area contributed by atoms with Crippen LogP contribution >= 0.6 is 12.4 Å². The van der Waals surface area contributed by atoms with Crippen molar-refractivity contribution in [3.8, 4) is 5.75 Å². The Kier molecular flexibility index (Phi) is 6.55. The van der Waals surface area contributed by atoms with Crippen LogP contribution < -0.4 is 5.32 Å². The van der Waals surface area contributed by atoms with E-state index in [1.165, 1.54) is 16.8 Å². The van der Waals surface area contributed by atoms with Crippen LogP contribution in [0.4, 0.5) is 0 Å². The van der Waals surface area contributed by atoms with Crippen molar-refractivity contribution in [1.82, 2.24) is 15.2 Å². The van der Waals surface area contributed by atoms with Crippen LogP contribution in [0.2, 0.25) is 0 Å². The monoisotopic (exact) mass is 465 g/mol. The first-order valence-corrected chi connectivity index (χ1v) is 11.5. The number of hydrogen-bond donors (Lipinski definition) is 3. The number of aromatic amines is 1. The number of nitrogens with zero attached hydrogens (tertiary/aromatic N) is 1. The Labute approximate surface area is 201 Å². The maximum atomic E-state index is 13.0. The lowest BCUT2D eigenvalue weighted by molar-refractivity contribution is 0.0944. The molecule has 1 aromatic heterocycles. The molecule has 1 aliphatic carbocycles. The smallest absolute Gasteiger partial charge is 0.268 e. The minimum atomic E-state index is -0.0488. The fourth-order valence-electron chi connectivity index (χ4n) is 5.81. The zero-order chi connectivity index (χ0) is 22.3. The number of carbonyl (C=O) groups excluding carboxylic acids is 1. The summed E-state index contributed by atoms with van der Waals surface area (Å²) in [6.45, 7) is 4.64. The number of hydrogen-bond acceptors (Lipinski definition) is 3. The van der Waals surface area contributed by atoms with Gasteiger partial charge in [-0.15, -0.1) is 12.4 Å². The number of fused-ring (bicyclic) bond motifs is 2. The predicted molar refractivity (Wildman–Crippen MR) is 133 cm³/mol. The molecule has 5 nitrogen and oxygen atoms in total. The minimum absolute atomic E-state index is 0. The van der Waals surface area contributed by atoms with E-state index in [2.05, 4.69) is 35.2 Å². The molecule has 0 radical (unpaired) electrons. The molecule has 3 aromatic rings. The van der Waals surface area contributed by atoms with Gasteiger partial charge in [-0.3, -0.25) is 4.79 Å². The molecule has 1 amide bonds. The van der Waals surface area contributed by atoms with Crippen molar-refractivity contribution >= 4 is 18.3 Å². The highest BCUT2D eigenvalue weighted by atomic mass is 35.5. The van der Waals surface area contributed by atoms with E-state index in [0.717, 1.165) is 43.5 Å². The summed E-state index contributed by atoms with van der Waals surface area (Å²) in [5, 5.41) is 13.3. The first-order chi connectivity index (χ1) is 15.5. The number of phenols is 1. The number of H-pyrrole nitrogens is 1. The molecule has 1 saturated heterocycles. The molecule has 1 fully saturated rings. The van der Waals surface area contributed by atoms with Crippen molar-refractivity contribution in [1.29, 1.82) is 0 Å². The fourth-order valence-corrected chi connectivity index (χ4v) is 5.81. The number of rotatable bonds is 4. The highest BCUT2D eigenvalue weighted by Gasteiger charge is 2.48. The third-order valence-electron chi connectivity index (χ3n) is 7.61. The Morgan fingerprint density at radius 3 is 2.76 bits per heavy atom. The quantitative estimate of drug-likeness (QED) is 0.536. The van der Waals surface area contributed by atoms with Crippen molar-refractivity contribution in [3.63, 3.8) is 0 Å². The van der Waals surface area contributed by atoms with Gasteiger partial charge in [0, 0.05) is 24.2 Å². The van der Waals surface area contributed by atoms with Crippen molar-refractivity contribution < 1.29 is 9.90 Å². The van der Waals surface area contributed by atoms with Crippen molar-refractivity contribution in [3.05, 3.63) is 88.2 Å². The summed E-state index contributed by atoms with van der Waals surface area (Å²) in [4.78, 5) is 18.9. The van der Waals surface area contributed by atoms with Gasteiger partial charge in [0.2, 0.25) is 0 Å². The van der Waals surface area contributed by atoms with E-state index in [1.54, 1.807) is 6.07 Å². The summed E-state index contributed by atoms with van der Waals surface area (Å²) < 4.78 is 0. The van der Waals surface area contributed by atoms with E-state index in [1.807, 2.05) is 42.5 Å². The SMILES string of the molecule is Cc1c(C(=O)NCc2ccccc2)[nH]c2c1C[C@@H]1CN(C)CC[C@@]1(c1cccc(O)c1)C2.Cl. The molecule has 1 aliphatic heterocycles. The lowest BCUT2D eigenvalue weighted by Crippen LogP contribution is -2.52. The minimum Gasteiger partial charge on any atom is -0.508 e. The third-order valence-corrected chi connectivity index (χ3v) is 7.61. The Hall–Kier alpha value is -2.76. The van der Waals surface area contributed by atoms with Gasteiger partial charge in [-0.1, -0.05) is 42.5 Å². The van der Waals surface area contributed by atoms with Crippen LogP contribution in [-0.4, -0.2) is 41.0 Å². The third kappa shape index (κ3) is 4.28. The number of aromatic hydroxyl groups is 1. The second-order valence-corrected chi connectivity index (χ2v) is 9.55. The van der Waals surface area contributed by atoms with Gasteiger partial charge in [-0.25, -0.2) is 0 Å². The molecular weight excluding hydrogens is 434 g/mol. The second-order valence-electron chi connectivity index (χ2n) is 9.55. The summed E-state index contributed by atoms with van der Waals surface area (Å²) in [5.74, 6) is 0.724. The molecule has 0 spiro atoms. The van der Waals surface area contributed by atoms with Gasteiger partial charge in [-0.2, -0.15) is 0 Å². The molecule has 2 heterocycles. The number of piperidine rings is 1. The van der Waals surface area contributed by atoms with Gasteiger partial charge in [0.25, 0.3) is 5.91 Å². The van der Waals surface area contributed by atoms with Gasteiger partial charge in [0.1, 0.15) is 11.4 Å². The summed E-state index contributed by atoms with van der Waals surface area (Å²) in [6, 6.07) is 17.8. The molecule has 33 heavy (non-hydrogen) atoms. The van der Waals surface area contributed by atoms with Crippen LogP contribution in [0.1, 0.15) is 44.9 Å². The highest BCUT2D eigenvalue weighted by molar-refractivity contribution is 5.94. The van der Waals surface area contributed by atoms with E-state index in [4.69, 9.17) is 0 Å². The number of halogens is 1. The lowest BCUT2D eigenvalue weighted by Gasteiger charge is -2.50. The van der Waals surface area contributed by atoms with Crippen molar-refractivity contribution in [2.75, 3.05) is 20.1 Å². The molecule has 5 rings (SSSR count). The van der Waals surface area contributed by atoms with E-state index >= 15 is 0 Å². The van der Waals surface area contributed by atoms with Crippen LogP contribution in [0.3, 0.4) is 0 Å². The largest absolute Gasteiger partial charge is 0.508 e. The van der Waals surface area contributed by atoms with Gasteiger partial charge in [0.15, 0.2) is 0 Å². The molecule has 2 aromatic carbocycles. The van der Waals surface area contributed by atoms with E-state index in [0.29, 0.717) is 23.9 Å². The zero-order valence-electron chi connectivity index (χ0n) is 19.2. The van der Waals surface area contributed by atoms with E-state index in [9.17, 15) is 9.90 Å². The topological polar surface area (TPSA) is 68.4 Å². The Morgan fingerprint density at radius 2 is 2.00 bits per heavy atom. The van der Waals surface area contributed by atoms with Crippen LogP contribution in [0, 0.1) is 12.8 Å². The summed E-state index contributed by atoms with van der Waals surface area (Å²) in [6.07, 6.45) is 2.87. The van der Waals surface area contributed by atoms with Crippen molar-refractivity contribution in [2.24, 2.45) is 5.92 Å². The van der Waals surface area contributed by atoms with Gasteiger partial charge in [-0.05, 0) is 80.1 Å². The Morgan fingerprint density at radius 1 is 1.21 bits per heavy atom. The normalized spacial score (nSPS) is 22.1. The van der Waals surface area contributed by atoms with Crippen molar-refractivity contribution in [2.45, 2.75) is 38.1 Å². The van der Waals surface area contributed by atoms with Crippen LogP contribution in [0.5, 0.6) is 5.75 Å². The Bertz CT molecular complexity index is 1140. The maximum absolute atomic E-state index is 13.0. The molecule has 0 bridgehead atoms. The zero-order valence-corrected chi connectivity index (χ0v) is 20.0. The number of amides is 1. The molecule has 0 unspecified atom stereocenters. The van der Waals surface area contributed by atoms with Crippen LogP contribution in [-0.2, 0) is 24.8 Å². The van der Waals surface area contributed by atoms with Gasteiger partial charge in [0.05, 0.1) is 0 Å². The molecule has 2 aliphatic rings. The van der Waals surface area contributed by atoms with E-state index in [-0.39, 0.29) is 23.7 Å². The summed E-state index contributed by atoms with van der Waals surface area (Å²) >= 11 is 0. The predicted octanol–water partition coefficient (Wildman–Crippen LogP) is 4.37. The molecule has 3 N–H and O–H groups in total. The fraction of sp³-hybridized carbons (Fsp3) is 0.370. The first kappa shape index (κ1) is 23.4. The van der Waals surface area contributed by atoms with Crippen LogP contribution in [0.25, 0.3) is 0 Å². The molecule has 2 atom stereocenters. The summed E-state index contributed by atoms with van der Waals surface area (Å²) in [7, 11) is 2.19. The van der Waals surface area contributed by atoms with Gasteiger partial charge < -0.3 is 20.3 Å². The Balaban J connectivity index is 0.00000259. The van der Waals surface area contributed by atoms with Crippen LogP contribution in [0.15, 0.2) is 54.6 Å². The van der Waals surface area contributed by atoms with E-state index < -0.39 is 0 Å². The second kappa shape index (κ2) is 9.24. The molecular formula is C27H32ClN3O2. The first-order valence-electron chi connectivity index (χ1n) is 11.5. The average molecular weight is 466 g/mol. The molecule has 0 saturated carbocycles. The number of carbonyl (C=O) groups is 1.